The highest BCUT2D eigenvalue weighted by atomic mass is 15.3. The van der Waals surface area contributed by atoms with Crippen LogP contribution in [0.25, 0.3) is 33.5 Å². The van der Waals surface area contributed by atoms with Gasteiger partial charge in [-0.1, -0.05) is 48.5 Å². The van der Waals surface area contributed by atoms with Gasteiger partial charge >= 0.3 is 0 Å². The van der Waals surface area contributed by atoms with Crippen molar-refractivity contribution in [2.24, 2.45) is 9.98 Å². The Labute approximate surface area is 195 Å². The number of nitrogens with zero attached hydrogens (tertiary/aromatic N) is 5. The molecule has 5 nitrogen and oxygen atoms in total. The molecule has 0 bridgehead atoms. The third kappa shape index (κ3) is 2.52. The Morgan fingerprint density at radius 2 is 1.32 bits per heavy atom. The zero-order chi connectivity index (χ0) is 22.8. The van der Waals surface area contributed by atoms with Crippen LogP contribution in [0.2, 0.25) is 0 Å². The number of para-hydroxylation sites is 1. The topological polar surface area (TPSA) is 63.4 Å². The quantitative estimate of drug-likeness (QED) is 0.368. The lowest BCUT2D eigenvalue weighted by atomic mass is 9.84. The van der Waals surface area contributed by atoms with Gasteiger partial charge in [0, 0.05) is 32.7 Å². The van der Waals surface area contributed by atoms with Crippen LogP contribution in [0.4, 0.5) is 11.4 Å². The van der Waals surface area contributed by atoms with E-state index in [4.69, 9.17) is 9.98 Å². The van der Waals surface area contributed by atoms with E-state index in [0.29, 0.717) is 0 Å². The van der Waals surface area contributed by atoms with E-state index in [9.17, 15) is 0 Å². The summed E-state index contributed by atoms with van der Waals surface area (Å²) in [7, 11) is 0. The highest BCUT2D eigenvalue weighted by Gasteiger charge is 2.30. The lowest BCUT2D eigenvalue weighted by molar-refractivity contribution is 0.870. The maximum Gasteiger partial charge on any atom is 0.0973 e. The SMILES string of the molecule is Cc1c(C)c(-c2ccnnn2)c2c(c1-c1ccccc1)N=c1ccc3c(c1-2)N=c1ccccc1=3. The number of hydrogen-bond acceptors (Lipinski definition) is 5. The predicted octanol–water partition coefficient (Wildman–Crippen LogP) is 5.31. The number of rotatable bonds is 2. The molecule has 0 radical (unpaired) electrons. The average molecular weight is 438 g/mol. The number of hydrogen-bond donors (Lipinski definition) is 0. The highest BCUT2D eigenvalue weighted by Crippen LogP contribution is 2.52. The second-order valence-electron chi connectivity index (χ2n) is 8.69. The van der Waals surface area contributed by atoms with Gasteiger partial charge < -0.3 is 0 Å². The van der Waals surface area contributed by atoms with E-state index in [0.717, 1.165) is 71.6 Å². The van der Waals surface area contributed by atoms with Gasteiger partial charge in [-0.15, -0.1) is 10.2 Å². The van der Waals surface area contributed by atoms with Crippen LogP contribution in [0, 0.1) is 24.3 Å². The van der Waals surface area contributed by atoms with Crippen molar-refractivity contribution in [3.05, 3.63) is 111 Å². The zero-order valence-corrected chi connectivity index (χ0v) is 18.7. The molecule has 0 atom stereocenters. The lowest BCUT2D eigenvalue weighted by Crippen LogP contribution is -2.03. The molecule has 0 spiro atoms. The van der Waals surface area contributed by atoms with E-state index in [1.807, 2.05) is 18.2 Å². The van der Waals surface area contributed by atoms with E-state index in [1.165, 1.54) is 5.56 Å². The molecule has 34 heavy (non-hydrogen) atoms. The summed E-state index contributed by atoms with van der Waals surface area (Å²) in [6.07, 6.45) is 1.69. The molecular weight excluding hydrogens is 418 g/mol. The summed E-state index contributed by atoms with van der Waals surface area (Å²) in [6.45, 7) is 4.33. The van der Waals surface area contributed by atoms with Gasteiger partial charge in [-0.05, 0) is 60.0 Å². The summed E-state index contributed by atoms with van der Waals surface area (Å²) in [5.41, 5.74) is 10.6. The maximum absolute atomic E-state index is 5.20. The summed E-state index contributed by atoms with van der Waals surface area (Å²) in [6, 6.07) is 25.0. The van der Waals surface area contributed by atoms with Crippen LogP contribution in [0.5, 0.6) is 0 Å². The van der Waals surface area contributed by atoms with Gasteiger partial charge in [-0.3, -0.25) is 0 Å². The molecule has 0 unspecified atom stereocenters. The maximum atomic E-state index is 5.20. The smallest absolute Gasteiger partial charge is 0.0973 e. The molecule has 0 saturated heterocycles. The van der Waals surface area contributed by atoms with E-state index in [-0.39, 0.29) is 0 Å². The van der Waals surface area contributed by atoms with Gasteiger partial charge in [0.25, 0.3) is 0 Å². The predicted molar refractivity (Wildman–Crippen MR) is 131 cm³/mol. The molecule has 0 aliphatic carbocycles. The molecule has 0 N–H and O–H groups in total. The molecule has 1 aromatic heterocycles. The largest absolute Gasteiger partial charge is 0.247 e. The molecular formula is C29H19N5. The summed E-state index contributed by atoms with van der Waals surface area (Å²) in [5, 5.41) is 16.5. The molecule has 3 heterocycles. The van der Waals surface area contributed by atoms with Gasteiger partial charge in [-0.2, -0.15) is 0 Å². The van der Waals surface area contributed by atoms with Crippen LogP contribution in [-0.4, -0.2) is 15.4 Å². The summed E-state index contributed by atoms with van der Waals surface area (Å²) in [4.78, 5) is 10.3. The van der Waals surface area contributed by atoms with Crippen molar-refractivity contribution in [1.82, 2.24) is 15.4 Å². The third-order valence-electron chi connectivity index (χ3n) is 6.92. The van der Waals surface area contributed by atoms with Crippen molar-refractivity contribution in [1.29, 1.82) is 0 Å². The van der Waals surface area contributed by atoms with Crippen molar-refractivity contribution < 1.29 is 0 Å². The summed E-state index contributed by atoms with van der Waals surface area (Å²) >= 11 is 0. The fourth-order valence-electron chi connectivity index (χ4n) is 5.28. The highest BCUT2D eigenvalue weighted by molar-refractivity contribution is 6.04. The molecule has 7 rings (SSSR count). The molecule has 4 aromatic carbocycles. The molecule has 2 aliphatic rings. The van der Waals surface area contributed by atoms with Gasteiger partial charge in [0.2, 0.25) is 0 Å². The van der Waals surface area contributed by atoms with Crippen LogP contribution in [0.15, 0.2) is 89.0 Å². The van der Waals surface area contributed by atoms with Gasteiger partial charge in [0.15, 0.2) is 0 Å². The molecule has 0 amide bonds. The summed E-state index contributed by atoms with van der Waals surface area (Å²) in [5.74, 6) is 0. The minimum atomic E-state index is 0.794. The van der Waals surface area contributed by atoms with Crippen molar-refractivity contribution in [3.63, 3.8) is 0 Å². The molecule has 0 fully saturated rings. The normalized spacial score (nSPS) is 12.3. The second kappa shape index (κ2) is 6.99. The van der Waals surface area contributed by atoms with Crippen LogP contribution < -0.4 is 10.7 Å². The van der Waals surface area contributed by atoms with Crippen molar-refractivity contribution in [3.8, 4) is 33.5 Å². The number of benzene rings is 4. The molecule has 5 heteroatoms. The van der Waals surface area contributed by atoms with Crippen LogP contribution >= 0.6 is 0 Å². The van der Waals surface area contributed by atoms with Crippen LogP contribution in [0.1, 0.15) is 11.1 Å². The third-order valence-corrected chi connectivity index (χ3v) is 6.92. The Bertz CT molecular complexity index is 1860. The molecule has 0 saturated carbocycles. The Morgan fingerprint density at radius 1 is 0.559 bits per heavy atom. The van der Waals surface area contributed by atoms with E-state index in [2.05, 4.69) is 83.9 Å². The molecule has 5 aromatic rings. The fourth-order valence-corrected chi connectivity index (χ4v) is 5.28. The van der Waals surface area contributed by atoms with E-state index >= 15 is 0 Å². The Kier molecular flexibility index (Phi) is 3.91. The van der Waals surface area contributed by atoms with E-state index in [1.54, 1.807) is 6.20 Å². The first-order valence-electron chi connectivity index (χ1n) is 11.3. The first-order valence-corrected chi connectivity index (χ1v) is 11.3. The fraction of sp³-hybridized carbons (Fsp3) is 0.0690. The number of fused-ring (bicyclic) bond motifs is 6. The summed E-state index contributed by atoms with van der Waals surface area (Å²) < 4.78 is 0. The number of aromatic nitrogens is 3. The Balaban J connectivity index is 1.68. The first-order chi connectivity index (χ1) is 16.7. The molecule has 2 aliphatic heterocycles. The first kappa shape index (κ1) is 19.0. The Morgan fingerprint density at radius 3 is 2.15 bits per heavy atom. The lowest BCUT2D eigenvalue weighted by Gasteiger charge is -2.20. The van der Waals surface area contributed by atoms with Gasteiger partial charge in [0.05, 0.1) is 34.0 Å². The zero-order valence-electron chi connectivity index (χ0n) is 18.7. The molecule has 160 valence electrons. The van der Waals surface area contributed by atoms with Gasteiger partial charge in [0.1, 0.15) is 0 Å². The van der Waals surface area contributed by atoms with Crippen molar-refractivity contribution >= 4 is 11.4 Å². The van der Waals surface area contributed by atoms with E-state index < -0.39 is 0 Å². The van der Waals surface area contributed by atoms with Crippen molar-refractivity contribution in [2.75, 3.05) is 0 Å². The Hall–Kier alpha value is -4.51. The monoisotopic (exact) mass is 437 g/mol. The standard InChI is InChI=1S/C29H19N5/c1-16-17(2)25(23-14-15-30-34-33-23)27-26-22(32-29(27)24(16)18-8-4-3-5-9-18)13-12-20-19-10-6-7-11-21(19)31-28(20)26/h3-15H,1-2H3. The van der Waals surface area contributed by atoms with Crippen LogP contribution in [0.3, 0.4) is 0 Å². The average Bonchev–Trinajstić information content (AvgIpc) is 3.44. The van der Waals surface area contributed by atoms with Crippen molar-refractivity contribution in [2.45, 2.75) is 13.8 Å². The van der Waals surface area contributed by atoms with Crippen LogP contribution in [-0.2, 0) is 0 Å². The second-order valence-corrected chi connectivity index (χ2v) is 8.69. The van der Waals surface area contributed by atoms with Gasteiger partial charge in [-0.25, -0.2) is 9.98 Å². The minimum absolute atomic E-state index is 0.794. The minimum Gasteiger partial charge on any atom is -0.247 e.